The summed E-state index contributed by atoms with van der Waals surface area (Å²) < 4.78 is 9.65. The molecule has 0 atom stereocenters. The van der Waals surface area contributed by atoms with Crippen LogP contribution in [0.5, 0.6) is 0 Å². The molecule has 0 saturated carbocycles. The monoisotopic (exact) mass is 264 g/mol. The third-order valence-electron chi connectivity index (χ3n) is 2.36. The van der Waals surface area contributed by atoms with E-state index in [1.807, 2.05) is 0 Å². The van der Waals surface area contributed by atoms with Crippen LogP contribution in [0.1, 0.15) is 27.7 Å². The van der Waals surface area contributed by atoms with Crippen molar-refractivity contribution < 1.29 is 19.1 Å². The Hall–Kier alpha value is -2.34. The van der Waals surface area contributed by atoms with E-state index in [1.165, 1.54) is 13.8 Å². The van der Waals surface area contributed by atoms with E-state index in [2.05, 4.69) is 0 Å². The molecule has 102 valence electrons. The maximum Gasteiger partial charge on any atom is 0.337 e. The van der Waals surface area contributed by atoms with Crippen LogP contribution in [0.2, 0.25) is 0 Å². The molecule has 19 heavy (non-hydrogen) atoms. The Morgan fingerprint density at radius 3 is 1.89 bits per heavy atom. The van der Waals surface area contributed by atoms with Gasteiger partial charge in [-0.3, -0.25) is 4.79 Å². The number of carbonyl (C=O) groups is 2. The third kappa shape index (κ3) is 3.82. The van der Waals surface area contributed by atoms with E-state index in [-0.39, 0.29) is 18.8 Å². The Balaban J connectivity index is 5.84. The fourth-order valence-corrected chi connectivity index (χ4v) is 1.42. The molecular weight excluding hydrogens is 248 g/mol. The maximum absolute atomic E-state index is 11.9. The van der Waals surface area contributed by atoms with E-state index in [9.17, 15) is 9.59 Å². The molecule has 0 bridgehead atoms. The van der Waals surface area contributed by atoms with Gasteiger partial charge in [-0.25, -0.2) is 4.79 Å². The summed E-state index contributed by atoms with van der Waals surface area (Å²) in [5, 5.41) is 17.8. The predicted molar refractivity (Wildman–Crippen MR) is 65.3 cm³/mol. The van der Waals surface area contributed by atoms with E-state index < -0.39 is 22.9 Å². The molecule has 6 heteroatoms. The summed E-state index contributed by atoms with van der Waals surface area (Å²) in [6, 6.07) is 3.21. The second kappa shape index (κ2) is 7.17. The van der Waals surface area contributed by atoms with Gasteiger partial charge in [0, 0.05) is 0 Å². The van der Waals surface area contributed by atoms with Gasteiger partial charge in [-0.1, -0.05) is 0 Å². The second-order valence-corrected chi connectivity index (χ2v) is 4.04. The average Bonchev–Trinajstić information content (AvgIpc) is 2.35. The molecule has 0 fully saturated rings. The number of carbonyl (C=O) groups excluding carboxylic acids is 2. The predicted octanol–water partition coefficient (Wildman–Crippen LogP) is 1.48. The van der Waals surface area contributed by atoms with E-state index in [1.54, 1.807) is 26.0 Å². The van der Waals surface area contributed by atoms with E-state index in [0.29, 0.717) is 0 Å². The van der Waals surface area contributed by atoms with Crippen molar-refractivity contribution in [1.82, 2.24) is 0 Å². The van der Waals surface area contributed by atoms with Crippen molar-refractivity contribution in [2.75, 3.05) is 13.2 Å². The lowest BCUT2D eigenvalue weighted by molar-refractivity contribution is -0.154. The molecule has 0 spiro atoms. The first-order valence-corrected chi connectivity index (χ1v) is 5.76. The first kappa shape index (κ1) is 16.7. The summed E-state index contributed by atoms with van der Waals surface area (Å²) in [5.74, 6) is -1.56. The fourth-order valence-electron chi connectivity index (χ4n) is 1.42. The first-order valence-electron chi connectivity index (χ1n) is 5.76. The Morgan fingerprint density at radius 1 is 1.05 bits per heavy atom. The van der Waals surface area contributed by atoms with Crippen LogP contribution in [0.15, 0.2) is 11.1 Å². The molecule has 0 unspecified atom stereocenters. The molecule has 0 amide bonds. The SMILES string of the molecule is CCOC(=O)C(=C(C#N)C#N)C(C)(C)C(=O)OCC. The molecule has 0 aliphatic heterocycles. The molecule has 0 heterocycles. The van der Waals surface area contributed by atoms with Gasteiger partial charge >= 0.3 is 11.9 Å². The van der Waals surface area contributed by atoms with Gasteiger partial charge in [-0.15, -0.1) is 0 Å². The highest BCUT2D eigenvalue weighted by Crippen LogP contribution is 2.31. The Bertz CT molecular complexity index is 462. The minimum absolute atomic E-state index is 0.0748. The van der Waals surface area contributed by atoms with Gasteiger partial charge in [-0.05, 0) is 27.7 Å². The average molecular weight is 264 g/mol. The lowest BCUT2D eigenvalue weighted by Gasteiger charge is -2.24. The van der Waals surface area contributed by atoms with Crippen LogP contribution in [-0.2, 0) is 19.1 Å². The standard InChI is InChI=1S/C13H16N2O4/c1-5-18-11(16)10(9(7-14)8-15)13(3,4)12(17)19-6-2/h5-6H2,1-4H3. The van der Waals surface area contributed by atoms with Gasteiger partial charge in [0.2, 0.25) is 0 Å². The quantitative estimate of drug-likeness (QED) is 0.423. The van der Waals surface area contributed by atoms with Gasteiger partial charge in [0.05, 0.1) is 24.2 Å². The van der Waals surface area contributed by atoms with Crippen molar-refractivity contribution in [3.63, 3.8) is 0 Å². The van der Waals surface area contributed by atoms with Gasteiger partial charge < -0.3 is 9.47 Å². The van der Waals surface area contributed by atoms with Crippen LogP contribution in [0.4, 0.5) is 0 Å². The highest BCUT2D eigenvalue weighted by atomic mass is 16.5. The van der Waals surface area contributed by atoms with Gasteiger partial charge in [-0.2, -0.15) is 10.5 Å². The summed E-state index contributed by atoms with van der Waals surface area (Å²) in [6.45, 7) is 6.23. The van der Waals surface area contributed by atoms with Crippen LogP contribution in [-0.4, -0.2) is 25.2 Å². The van der Waals surface area contributed by atoms with E-state index >= 15 is 0 Å². The normalized spacial score (nSPS) is 9.79. The van der Waals surface area contributed by atoms with Crippen molar-refractivity contribution in [2.45, 2.75) is 27.7 Å². The molecule has 0 aromatic heterocycles. The van der Waals surface area contributed by atoms with Crippen LogP contribution in [0.25, 0.3) is 0 Å². The number of esters is 2. The highest BCUT2D eigenvalue weighted by Gasteiger charge is 2.41. The summed E-state index contributed by atoms with van der Waals surface area (Å²) in [5.41, 5.74) is -2.16. The number of nitrogens with zero attached hydrogens (tertiary/aromatic N) is 2. The zero-order valence-corrected chi connectivity index (χ0v) is 11.4. The van der Waals surface area contributed by atoms with E-state index in [4.69, 9.17) is 20.0 Å². The zero-order chi connectivity index (χ0) is 15.1. The number of nitriles is 2. The molecule has 0 N–H and O–H groups in total. The zero-order valence-electron chi connectivity index (χ0n) is 11.4. The first-order chi connectivity index (χ1) is 8.86. The van der Waals surface area contributed by atoms with Gasteiger partial charge in [0.15, 0.2) is 0 Å². The largest absolute Gasteiger partial charge is 0.465 e. The Morgan fingerprint density at radius 2 is 1.53 bits per heavy atom. The molecular formula is C13H16N2O4. The van der Waals surface area contributed by atoms with Crippen LogP contribution < -0.4 is 0 Å². The fraction of sp³-hybridized carbons (Fsp3) is 0.538. The van der Waals surface area contributed by atoms with Crippen molar-refractivity contribution in [2.24, 2.45) is 5.41 Å². The smallest absolute Gasteiger partial charge is 0.337 e. The van der Waals surface area contributed by atoms with E-state index in [0.717, 1.165) is 0 Å². The van der Waals surface area contributed by atoms with Crippen molar-refractivity contribution in [1.29, 1.82) is 10.5 Å². The number of hydrogen-bond acceptors (Lipinski definition) is 6. The molecule has 0 rings (SSSR count). The minimum Gasteiger partial charge on any atom is -0.465 e. The molecule has 0 aliphatic rings. The number of hydrogen-bond donors (Lipinski definition) is 0. The number of ether oxygens (including phenoxy) is 2. The lowest BCUT2D eigenvalue weighted by Crippen LogP contribution is -2.34. The summed E-state index contributed by atoms with van der Waals surface area (Å²) in [4.78, 5) is 23.7. The second-order valence-electron chi connectivity index (χ2n) is 4.04. The van der Waals surface area contributed by atoms with Crippen LogP contribution >= 0.6 is 0 Å². The van der Waals surface area contributed by atoms with Crippen molar-refractivity contribution in [3.05, 3.63) is 11.1 Å². The summed E-state index contributed by atoms with van der Waals surface area (Å²) >= 11 is 0. The van der Waals surface area contributed by atoms with Crippen LogP contribution in [0.3, 0.4) is 0 Å². The maximum atomic E-state index is 11.9. The van der Waals surface area contributed by atoms with Crippen molar-refractivity contribution in [3.8, 4) is 12.1 Å². The Kier molecular flexibility index (Phi) is 6.29. The summed E-state index contributed by atoms with van der Waals surface area (Å²) in [6.07, 6.45) is 0. The Labute approximate surface area is 112 Å². The molecule has 0 aromatic carbocycles. The van der Waals surface area contributed by atoms with Crippen molar-refractivity contribution >= 4 is 11.9 Å². The topological polar surface area (TPSA) is 100 Å². The third-order valence-corrected chi connectivity index (χ3v) is 2.36. The molecule has 0 radical (unpaired) electrons. The molecule has 0 saturated heterocycles. The summed E-state index contributed by atoms with van der Waals surface area (Å²) in [7, 11) is 0. The number of allylic oxidation sites excluding steroid dienone is 1. The minimum atomic E-state index is -1.43. The molecule has 0 aliphatic carbocycles. The van der Waals surface area contributed by atoms with Gasteiger partial charge in [0.1, 0.15) is 17.7 Å². The highest BCUT2D eigenvalue weighted by molar-refractivity contribution is 5.99. The lowest BCUT2D eigenvalue weighted by atomic mass is 9.81. The van der Waals surface area contributed by atoms with Crippen LogP contribution in [0, 0.1) is 28.1 Å². The van der Waals surface area contributed by atoms with Gasteiger partial charge in [0.25, 0.3) is 0 Å². The molecule has 0 aromatic rings. The number of rotatable bonds is 5. The molecule has 6 nitrogen and oxygen atoms in total.